The number of ether oxygens (including phenoxy) is 1. The van der Waals surface area contributed by atoms with Crippen LogP contribution in [0.5, 0.6) is 5.88 Å². The molecule has 2 N–H and O–H groups in total. The van der Waals surface area contributed by atoms with E-state index in [9.17, 15) is 0 Å². The Hall–Kier alpha value is -1.20. The Bertz CT molecular complexity index is 464. The van der Waals surface area contributed by atoms with Gasteiger partial charge in [0.2, 0.25) is 5.88 Å². The third kappa shape index (κ3) is 3.64. The largest absolute Gasteiger partial charge is 0.477 e. The number of rotatable bonds is 5. The summed E-state index contributed by atoms with van der Waals surface area (Å²) in [6.07, 6.45) is 3.55. The second-order valence-electron chi connectivity index (χ2n) is 5.08. The summed E-state index contributed by atoms with van der Waals surface area (Å²) in [4.78, 5) is 7.10. The lowest BCUT2D eigenvalue weighted by molar-refractivity contribution is 0.228. The molecule has 1 aromatic heterocycles. The molecular weight excluding hydrogens is 258 g/mol. The number of hydrogen-bond donors (Lipinski definition) is 1. The minimum Gasteiger partial charge on any atom is -0.477 e. The Morgan fingerprint density at radius 2 is 2.37 bits per heavy atom. The first-order chi connectivity index (χ1) is 9.08. The number of aromatic nitrogens is 1. The zero-order valence-electron chi connectivity index (χ0n) is 11.6. The average molecular weight is 279 g/mol. The highest BCUT2D eigenvalue weighted by Crippen LogP contribution is 2.20. The lowest BCUT2D eigenvalue weighted by Crippen LogP contribution is -2.26. The summed E-state index contributed by atoms with van der Waals surface area (Å²) in [5.41, 5.74) is 7.32. The molecule has 0 saturated carbocycles. The zero-order chi connectivity index (χ0) is 13.8. The minimum atomic E-state index is 0.334. The molecule has 1 aromatic rings. The van der Waals surface area contributed by atoms with Crippen molar-refractivity contribution in [3.63, 3.8) is 0 Å². The number of thiocarbonyl (C=S) groups is 1. The summed E-state index contributed by atoms with van der Waals surface area (Å²) < 4.78 is 5.78. The van der Waals surface area contributed by atoms with Crippen molar-refractivity contribution in [3.05, 3.63) is 23.4 Å². The molecule has 0 bridgehead atoms. The van der Waals surface area contributed by atoms with Gasteiger partial charge < -0.3 is 15.4 Å². The number of aryl methyl sites for hydroxylation is 1. The summed E-state index contributed by atoms with van der Waals surface area (Å²) in [5, 5.41) is 0. The van der Waals surface area contributed by atoms with Crippen molar-refractivity contribution in [3.8, 4) is 5.88 Å². The van der Waals surface area contributed by atoms with Crippen molar-refractivity contribution < 1.29 is 4.74 Å². The molecular formula is C14H21N3OS. The highest BCUT2D eigenvalue weighted by molar-refractivity contribution is 7.80. The average Bonchev–Trinajstić information content (AvgIpc) is 2.75. The van der Waals surface area contributed by atoms with Crippen molar-refractivity contribution >= 4 is 17.2 Å². The fraction of sp³-hybridized carbons (Fsp3) is 0.571. The van der Waals surface area contributed by atoms with Crippen LogP contribution in [0.3, 0.4) is 0 Å². The molecule has 1 aliphatic rings. The smallest absolute Gasteiger partial charge is 0.223 e. The second-order valence-corrected chi connectivity index (χ2v) is 5.52. The predicted octanol–water partition coefficient (Wildman–Crippen LogP) is 1.89. The van der Waals surface area contributed by atoms with Crippen LogP contribution >= 0.6 is 12.2 Å². The summed E-state index contributed by atoms with van der Waals surface area (Å²) in [6, 6.07) is 4.39. The molecule has 104 valence electrons. The summed E-state index contributed by atoms with van der Waals surface area (Å²) in [5.74, 6) is 0.563. The van der Waals surface area contributed by atoms with Crippen LogP contribution in [0.1, 0.15) is 30.5 Å². The Labute approximate surface area is 120 Å². The number of hydrogen-bond acceptors (Lipinski definition) is 4. The van der Waals surface area contributed by atoms with Crippen molar-refractivity contribution in [2.24, 2.45) is 5.73 Å². The summed E-state index contributed by atoms with van der Waals surface area (Å²) in [6.45, 7) is 3.77. The van der Waals surface area contributed by atoms with Gasteiger partial charge in [0.05, 0.1) is 12.2 Å². The number of pyridine rings is 1. The normalized spacial score (nSPS) is 19.6. The van der Waals surface area contributed by atoms with Gasteiger partial charge in [0.15, 0.2) is 0 Å². The number of likely N-dealkylation sites (tertiary alicyclic amines) is 1. The maximum atomic E-state index is 5.78. The van der Waals surface area contributed by atoms with Crippen LogP contribution < -0.4 is 10.5 Å². The van der Waals surface area contributed by atoms with E-state index in [1.165, 1.54) is 19.4 Å². The van der Waals surface area contributed by atoms with Crippen LogP contribution in [0.2, 0.25) is 0 Å². The van der Waals surface area contributed by atoms with E-state index in [0.29, 0.717) is 23.5 Å². The van der Waals surface area contributed by atoms with Crippen molar-refractivity contribution in [2.75, 3.05) is 20.2 Å². The Kier molecular flexibility index (Phi) is 4.71. The minimum absolute atomic E-state index is 0.334. The van der Waals surface area contributed by atoms with Crippen LogP contribution in [-0.4, -0.2) is 41.1 Å². The standard InChI is InChI=1S/C14H21N3OS/c1-10-5-6-12(13(15)19)14(16-10)18-9-7-11-4-3-8-17(11)2/h5-6,11H,3-4,7-9H2,1-2H3,(H2,15,19). The highest BCUT2D eigenvalue weighted by atomic mass is 32.1. The molecule has 1 aliphatic heterocycles. The van der Waals surface area contributed by atoms with Gasteiger partial charge in [0.25, 0.3) is 0 Å². The van der Waals surface area contributed by atoms with Gasteiger partial charge in [-0.25, -0.2) is 4.98 Å². The van der Waals surface area contributed by atoms with Gasteiger partial charge in [-0.1, -0.05) is 12.2 Å². The summed E-state index contributed by atoms with van der Waals surface area (Å²) in [7, 11) is 2.17. The first-order valence-electron chi connectivity index (χ1n) is 6.68. The Balaban J connectivity index is 1.95. The van der Waals surface area contributed by atoms with Crippen LogP contribution in [0, 0.1) is 6.92 Å². The maximum absolute atomic E-state index is 5.78. The quantitative estimate of drug-likeness (QED) is 0.834. The van der Waals surface area contributed by atoms with Gasteiger partial charge in [-0.05, 0) is 51.9 Å². The molecule has 0 amide bonds. The number of nitrogens with zero attached hydrogens (tertiary/aromatic N) is 2. The fourth-order valence-electron chi connectivity index (χ4n) is 2.47. The molecule has 0 spiro atoms. The fourth-order valence-corrected chi connectivity index (χ4v) is 2.62. The topological polar surface area (TPSA) is 51.4 Å². The zero-order valence-corrected chi connectivity index (χ0v) is 12.4. The first-order valence-corrected chi connectivity index (χ1v) is 7.09. The lowest BCUT2D eigenvalue weighted by Gasteiger charge is -2.19. The van der Waals surface area contributed by atoms with Gasteiger partial charge in [-0.3, -0.25) is 0 Å². The third-order valence-electron chi connectivity index (χ3n) is 3.63. The molecule has 1 unspecified atom stereocenters. The Morgan fingerprint density at radius 1 is 1.58 bits per heavy atom. The van der Waals surface area contributed by atoms with Crippen molar-refractivity contribution in [1.29, 1.82) is 0 Å². The van der Waals surface area contributed by atoms with Gasteiger partial charge in [0, 0.05) is 11.7 Å². The van der Waals surface area contributed by atoms with E-state index in [-0.39, 0.29) is 0 Å². The van der Waals surface area contributed by atoms with Crippen LogP contribution in [0.25, 0.3) is 0 Å². The van der Waals surface area contributed by atoms with Crippen molar-refractivity contribution in [1.82, 2.24) is 9.88 Å². The van der Waals surface area contributed by atoms with E-state index in [0.717, 1.165) is 17.7 Å². The van der Waals surface area contributed by atoms with Gasteiger partial charge in [-0.15, -0.1) is 0 Å². The second kappa shape index (κ2) is 6.30. The lowest BCUT2D eigenvalue weighted by atomic mass is 10.1. The first kappa shape index (κ1) is 14.2. The van der Waals surface area contributed by atoms with Crippen LogP contribution in [0.4, 0.5) is 0 Å². The highest BCUT2D eigenvalue weighted by Gasteiger charge is 2.20. The molecule has 1 saturated heterocycles. The maximum Gasteiger partial charge on any atom is 0.223 e. The molecule has 2 rings (SSSR count). The van der Waals surface area contributed by atoms with E-state index < -0.39 is 0 Å². The molecule has 0 aromatic carbocycles. The van der Waals surface area contributed by atoms with E-state index in [1.807, 2.05) is 19.1 Å². The Morgan fingerprint density at radius 3 is 3.00 bits per heavy atom. The van der Waals surface area contributed by atoms with Gasteiger partial charge in [0.1, 0.15) is 4.99 Å². The van der Waals surface area contributed by atoms with Crippen molar-refractivity contribution in [2.45, 2.75) is 32.2 Å². The van der Waals surface area contributed by atoms with E-state index >= 15 is 0 Å². The van der Waals surface area contributed by atoms with Gasteiger partial charge >= 0.3 is 0 Å². The summed E-state index contributed by atoms with van der Waals surface area (Å²) >= 11 is 5.02. The molecule has 19 heavy (non-hydrogen) atoms. The van der Waals surface area contributed by atoms with Crippen LogP contribution in [-0.2, 0) is 0 Å². The predicted molar refractivity (Wildman–Crippen MR) is 80.6 cm³/mol. The molecule has 4 nitrogen and oxygen atoms in total. The molecule has 0 radical (unpaired) electrons. The van der Waals surface area contributed by atoms with E-state index in [1.54, 1.807) is 0 Å². The number of nitrogens with two attached hydrogens (primary N) is 1. The van der Waals surface area contributed by atoms with Gasteiger partial charge in [-0.2, -0.15) is 0 Å². The van der Waals surface area contributed by atoms with E-state index in [4.69, 9.17) is 22.7 Å². The molecule has 5 heteroatoms. The third-order valence-corrected chi connectivity index (χ3v) is 3.85. The van der Waals surface area contributed by atoms with Crippen LogP contribution in [0.15, 0.2) is 12.1 Å². The molecule has 2 heterocycles. The monoisotopic (exact) mass is 279 g/mol. The van der Waals surface area contributed by atoms with E-state index in [2.05, 4.69) is 16.9 Å². The molecule has 1 atom stereocenters. The SMILES string of the molecule is Cc1ccc(C(N)=S)c(OCCC2CCCN2C)n1. The molecule has 1 fully saturated rings. The molecule has 0 aliphatic carbocycles.